The third kappa shape index (κ3) is 8.17. The first-order valence-electron chi connectivity index (χ1n) is 12.7. The zero-order valence-corrected chi connectivity index (χ0v) is 22.9. The molecule has 10 heteroatoms. The number of anilines is 1. The Balaban J connectivity index is 1.76. The van der Waals surface area contributed by atoms with Crippen LogP contribution in [0.3, 0.4) is 0 Å². The van der Waals surface area contributed by atoms with Crippen LogP contribution < -0.4 is 9.62 Å². The third-order valence-electron chi connectivity index (χ3n) is 6.65. The molecule has 0 aromatic heterocycles. The lowest BCUT2D eigenvalue weighted by atomic mass is 10.1. The lowest BCUT2D eigenvalue weighted by Gasteiger charge is -2.32. The Morgan fingerprint density at radius 3 is 2.35 bits per heavy atom. The van der Waals surface area contributed by atoms with Gasteiger partial charge in [-0.3, -0.25) is 13.9 Å². The molecule has 3 rings (SSSR count). The van der Waals surface area contributed by atoms with Gasteiger partial charge < -0.3 is 10.2 Å². The number of halogens is 2. The number of amides is 2. The number of nitrogens with zero attached hydrogens (tertiary/aromatic N) is 2. The van der Waals surface area contributed by atoms with Gasteiger partial charge in [0.1, 0.15) is 11.9 Å². The summed E-state index contributed by atoms with van der Waals surface area (Å²) in [5, 5.41) is 3.61. The van der Waals surface area contributed by atoms with Crippen molar-refractivity contribution in [1.82, 2.24) is 10.2 Å². The van der Waals surface area contributed by atoms with E-state index < -0.39 is 21.9 Å². The molecule has 1 atom stereocenters. The Hall–Kier alpha value is -2.65. The van der Waals surface area contributed by atoms with Gasteiger partial charge in [0.05, 0.1) is 11.9 Å². The highest BCUT2D eigenvalue weighted by Gasteiger charge is 2.31. The summed E-state index contributed by atoms with van der Waals surface area (Å²) in [7, 11) is -3.65. The molecule has 2 amide bonds. The van der Waals surface area contributed by atoms with Crippen LogP contribution in [0.1, 0.15) is 57.4 Å². The van der Waals surface area contributed by atoms with E-state index in [1.54, 1.807) is 17.0 Å². The number of hydrogen-bond acceptors (Lipinski definition) is 4. The highest BCUT2D eigenvalue weighted by molar-refractivity contribution is 7.92. The van der Waals surface area contributed by atoms with E-state index in [0.29, 0.717) is 17.1 Å². The number of rotatable bonds is 12. The molecule has 0 radical (unpaired) electrons. The van der Waals surface area contributed by atoms with Gasteiger partial charge in [0, 0.05) is 30.6 Å². The quantitative estimate of drug-likeness (QED) is 0.407. The van der Waals surface area contributed by atoms with Gasteiger partial charge in [-0.15, -0.1) is 0 Å². The molecule has 7 nitrogen and oxygen atoms in total. The Morgan fingerprint density at radius 2 is 1.76 bits per heavy atom. The number of hydrogen-bond donors (Lipinski definition) is 1. The first-order chi connectivity index (χ1) is 17.6. The maximum atomic E-state index is 13.5. The smallest absolute Gasteiger partial charge is 0.243 e. The molecule has 2 aromatic carbocycles. The van der Waals surface area contributed by atoms with Gasteiger partial charge in [0.2, 0.25) is 21.8 Å². The second kappa shape index (κ2) is 13.2. The van der Waals surface area contributed by atoms with Crippen LogP contribution >= 0.6 is 11.6 Å². The molecule has 0 spiro atoms. The van der Waals surface area contributed by atoms with Gasteiger partial charge in [-0.05, 0) is 61.6 Å². The maximum Gasteiger partial charge on any atom is 0.243 e. The molecule has 1 aliphatic carbocycles. The van der Waals surface area contributed by atoms with Crippen LogP contribution in [0.4, 0.5) is 10.1 Å². The fraction of sp³-hybridized carbons (Fsp3) is 0.481. The highest BCUT2D eigenvalue weighted by Crippen LogP contribution is 2.23. The SMILES string of the molecule is CC[C@@H](C(=O)NC1CCCC1)N(Cc1ccccc1Cl)C(=O)CCCN(c1ccc(F)cc1)S(C)(=O)=O. The minimum absolute atomic E-state index is 0.0326. The van der Waals surface area contributed by atoms with E-state index >= 15 is 0 Å². The molecule has 202 valence electrons. The van der Waals surface area contributed by atoms with Crippen LogP contribution in [-0.4, -0.2) is 50.0 Å². The first kappa shape index (κ1) is 28.9. The molecule has 1 saturated carbocycles. The molecule has 0 heterocycles. The molecule has 37 heavy (non-hydrogen) atoms. The van der Waals surface area contributed by atoms with Gasteiger partial charge >= 0.3 is 0 Å². The molecule has 0 bridgehead atoms. The molecule has 1 fully saturated rings. The summed E-state index contributed by atoms with van der Waals surface area (Å²) in [5.74, 6) is -0.913. The Bertz CT molecular complexity index is 1170. The van der Waals surface area contributed by atoms with Gasteiger partial charge in [-0.2, -0.15) is 0 Å². The van der Waals surface area contributed by atoms with E-state index in [1.807, 2.05) is 19.1 Å². The van der Waals surface area contributed by atoms with E-state index in [1.165, 1.54) is 24.3 Å². The van der Waals surface area contributed by atoms with Crippen molar-refractivity contribution in [2.75, 3.05) is 17.1 Å². The monoisotopic (exact) mass is 551 g/mol. The number of benzene rings is 2. The fourth-order valence-electron chi connectivity index (χ4n) is 4.71. The summed E-state index contributed by atoms with van der Waals surface area (Å²) < 4.78 is 39.3. The van der Waals surface area contributed by atoms with Crippen LogP contribution in [0.25, 0.3) is 0 Å². The topological polar surface area (TPSA) is 86.8 Å². The van der Waals surface area contributed by atoms with Gasteiger partial charge in [0.25, 0.3) is 0 Å². The lowest BCUT2D eigenvalue weighted by Crippen LogP contribution is -2.51. The van der Waals surface area contributed by atoms with Crippen molar-refractivity contribution in [2.24, 2.45) is 0 Å². The second-order valence-corrected chi connectivity index (χ2v) is 11.8. The zero-order valence-electron chi connectivity index (χ0n) is 21.3. The molecule has 1 N–H and O–H groups in total. The first-order valence-corrected chi connectivity index (χ1v) is 14.9. The van der Waals surface area contributed by atoms with Gasteiger partial charge in [0.15, 0.2) is 0 Å². The van der Waals surface area contributed by atoms with Crippen molar-refractivity contribution in [3.63, 3.8) is 0 Å². The van der Waals surface area contributed by atoms with E-state index in [-0.39, 0.29) is 43.8 Å². The predicted octanol–water partition coefficient (Wildman–Crippen LogP) is 4.89. The molecule has 0 saturated heterocycles. The molecule has 0 aliphatic heterocycles. The maximum absolute atomic E-state index is 13.5. The Morgan fingerprint density at radius 1 is 1.11 bits per heavy atom. The number of carbonyl (C=O) groups is 2. The third-order valence-corrected chi connectivity index (χ3v) is 8.22. The van der Waals surface area contributed by atoms with Crippen LogP contribution in [0.15, 0.2) is 48.5 Å². The summed E-state index contributed by atoms with van der Waals surface area (Å²) in [4.78, 5) is 28.3. The van der Waals surface area contributed by atoms with Gasteiger partial charge in [-0.1, -0.05) is 49.6 Å². The molecule has 2 aromatic rings. The predicted molar refractivity (Wildman–Crippen MR) is 144 cm³/mol. The summed E-state index contributed by atoms with van der Waals surface area (Å²) in [6, 6.07) is 11.8. The van der Waals surface area contributed by atoms with Crippen molar-refractivity contribution in [3.8, 4) is 0 Å². The van der Waals surface area contributed by atoms with E-state index in [9.17, 15) is 22.4 Å². The molecule has 1 aliphatic rings. The summed E-state index contributed by atoms with van der Waals surface area (Å²) in [5.41, 5.74) is 1.06. The largest absolute Gasteiger partial charge is 0.352 e. The van der Waals surface area contributed by atoms with E-state index in [0.717, 1.165) is 41.8 Å². The zero-order chi connectivity index (χ0) is 27.0. The Kier molecular flexibility index (Phi) is 10.3. The average Bonchev–Trinajstić information content (AvgIpc) is 3.36. The van der Waals surface area contributed by atoms with E-state index in [4.69, 9.17) is 11.6 Å². The number of sulfonamides is 1. The fourth-order valence-corrected chi connectivity index (χ4v) is 5.87. The number of nitrogens with one attached hydrogen (secondary N) is 1. The van der Waals surface area contributed by atoms with Crippen LogP contribution in [0, 0.1) is 5.82 Å². The average molecular weight is 552 g/mol. The molecular weight excluding hydrogens is 517 g/mol. The van der Waals surface area contributed by atoms with Crippen molar-refractivity contribution in [1.29, 1.82) is 0 Å². The summed E-state index contributed by atoms with van der Waals surface area (Å²) in [6.07, 6.45) is 5.79. The summed E-state index contributed by atoms with van der Waals surface area (Å²) >= 11 is 6.37. The van der Waals surface area contributed by atoms with E-state index in [2.05, 4.69) is 5.32 Å². The van der Waals surface area contributed by atoms with Crippen LogP contribution in [0.2, 0.25) is 5.02 Å². The number of carbonyl (C=O) groups excluding carboxylic acids is 2. The highest BCUT2D eigenvalue weighted by atomic mass is 35.5. The lowest BCUT2D eigenvalue weighted by molar-refractivity contribution is -0.141. The van der Waals surface area contributed by atoms with Gasteiger partial charge in [-0.25, -0.2) is 12.8 Å². The normalized spacial score (nSPS) is 14.8. The summed E-state index contributed by atoms with van der Waals surface area (Å²) in [6.45, 7) is 2.08. The Labute approximate surface area is 224 Å². The van der Waals surface area contributed by atoms with Crippen molar-refractivity contribution >= 4 is 39.1 Å². The molecular formula is C27H35ClFN3O4S. The second-order valence-electron chi connectivity index (χ2n) is 9.44. The van der Waals surface area contributed by atoms with Crippen LogP contribution in [-0.2, 0) is 26.2 Å². The minimum atomic E-state index is -3.65. The standard InChI is InChI=1S/C27H35ClFN3O4S/c1-3-25(27(34)30-22-10-5-6-11-22)31(19-20-9-4-7-12-24(20)28)26(33)13-8-18-32(37(2,35)36)23-16-14-21(29)15-17-23/h4,7,9,12,14-17,22,25H,3,5-6,8,10-11,13,18-19H2,1-2H3,(H,30,34)/t25-/m0/s1. The molecule has 0 unspecified atom stereocenters. The van der Waals surface area contributed by atoms with Crippen molar-refractivity contribution in [3.05, 3.63) is 64.9 Å². The van der Waals surface area contributed by atoms with Crippen LogP contribution in [0.5, 0.6) is 0 Å². The van der Waals surface area contributed by atoms with Crippen molar-refractivity contribution < 1.29 is 22.4 Å². The minimum Gasteiger partial charge on any atom is -0.352 e. The van der Waals surface area contributed by atoms with Crippen molar-refractivity contribution in [2.45, 2.75) is 70.5 Å².